The van der Waals surface area contributed by atoms with Crippen LogP contribution >= 0.6 is 15.9 Å². The Balaban J connectivity index is 2.32. The van der Waals surface area contributed by atoms with E-state index in [0.29, 0.717) is 0 Å². The zero-order valence-electron chi connectivity index (χ0n) is 6.07. The molecule has 0 aromatic carbocycles. The maximum Gasteiger partial charge on any atom is 0.00623 e. The highest BCUT2D eigenvalue weighted by molar-refractivity contribution is 9.09. The first-order chi connectivity index (χ1) is 4.38. The van der Waals surface area contributed by atoms with Gasteiger partial charge in [-0.1, -0.05) is 42.1 Å². The van der Waals surface area contributed by atoms with Crippen molar-refractivity contribution in [1.29, 1.82) is 0 Å². The highest BCUT2D eigenvalue weighted by Crippen LogP contribution is 2.34. The molecule has 0 N–H and O–H groups in total. The lowest BCUT2D eigenvalue weighted by Gasteiger charge is -2.13. The monoisotopic (exact) mass is 190 g/mol. The highest BCUT2D eigenvalue weighted by Gasteiger charge is 2.23. The zero-order chi connectivity index (χ0) is 6.69. The van der Waals surface area contributed by atoms with Crippen LogP contribution in [0, 0.1) is 11.8 Å². The molecular formula is C8H15Br. The first kappa shape index (κ1) is 7.59. The first-order valence-electron chi connectivity index (χ1n) is 3.94. The van der Waals surface area contributed by atoms with Crippen molar-refractivity contribution >= 4 is 15.9 Å². The summed E-state index contributed by atoms with van der Waals surface area (Å²) in [6, 6.07) is 0. The van der Waals surface area contributed by atoms with E-state index in [1.54, 1.807) is 0 Å². The van der Waals surface area contributed by atoms with Gasteiger partial charge in [-0.3, -0.25) is 0 Å². The Bertz CT molecular complexity index is 70.6. The Morgan fingerprint density at radius 2 is 2.00 bits per heavy atom. The van der Waals surface area contributed by atoms with Crippen LogP contribution in [0.15, 0.2) is 0 Å². The normalized spacial score (nSPS) is 35.3. The minimum absolute atomic E-state index is 0.995. The molecule has 0 aliphatic heterocycles. The molecule has 0 heterocycles. The first-order valence-corrected chi connectivity index (χ1v) is 5.06. The van der Waals surface area contributed by atoms with Crippen LogP contribution in [0.1, 0.15) is 32.6 Å². The van der Waals surface area contributed by atoms with Crippen molar-refractivity contribution in [3.63, 3.8) is 0 Å². The second kappa shape index (κ2) is 3.60. The SMILES string of the molecule is CCC1CCCC1CBr. The van der Waals surface area contributed by atoms with E-state index in [2.05, 4.69) is 22.9 Å². The van der Waals surface area contributed by atoms with Crippen molar-refractivity contribution in [3.05, 3.63) is 0 Å². The van der Waals surface area contributed by atoms with Crippen LogP contribution in [0.25, 0.3) is 0 Å². The summed E-state index contributed by atoms with van der Waals surface area (Å²) in [5, 5.41) is 1.23. The molecule has 0 saturated heterocycles. The predicted octanol–water partition coefficient (Wildman–Crippen LogP) is 3.21. The number of hydrogen-bond acceptors (Lipinski definition) is 0. The zero-order valence-corrected chi connectivity index (χ0v) is 7.65. The second-order valence-corrected chi connectivity index (χ2v) is 3.66. The van der Waals surface area contributed by atoms with Gasteiger partial charge in [0.15, 0.2) is 0 Å². The summed E-state index contributed by atoms with van der Waals surface area (Å²) in [5.74, 6) is 2.03. The van der Waals surface area contributed by atoms with Crippen molar-refractivity contribution in [2.45, 2.75) is 32.6 Å². The Morgan fingerprint density at radius 1 is 1.33 bits per heavy atom. The number of halogens is 1. The van der Waals surface area contributed by atoms with Crippen molar-refractivity contribution in [3.8, 4) is 0 Å². The average molecular weight is 191 g/mol. The van der Waals surface area contributed by atoms with Crippen molar-refractivity contribution < 1.29 is 0 Å². The van der Waals surface area contributed by atoms with Crippen LogP contribution in [-0.4, -0.2) is 5.33 Å². The van der Waals surface area contributed by atoms with Crippen molar-refractivity contribution in [2.75, 3.05) is 5.33 Å². The Hall–Kier alpha value is 0.480. The van der Waals surface area contributed by atoms with Crippen LogP contribution in [0.5, 0.6) is 0 Å². The molecule has 0 spiro atoms. The molecule has 0 radical (unpaired) electrons. The molecule has 1 aliphatic rings. The van der Waals surface area contributed by atoms with Gasteiger partial charge < -0.3 is 0 Å². The largest absolute Gasteiger partial charge is 0.0925 e. The smallest absolute Gasteiger partial charge is 0.00623 e. The molecule has 2 unspecified atom stereocenters. The maximum atomic E-state index is 3.56. The minimum Gasteiger partial charge on any atom is -0.0925 e. The van der Waals surface area contributed by atoms with E-state index >= 15 is 0 Å². The Morgan fingerprint density at radius 3 is 2.44 bits per heavy atom. The fourth-order valence-electron chi connectivity index (χ4n) is 1.85. The molecule has 0 aromatic rings. The van der Waals surface area contributed by atoms with Gasteiger partial charge in [0.05, 0.1) is 0 Å². The molecule has 0 amide bonds. The van der Waals surface area contributed by atoms with E-state index in [4.69, 9.17) is 0 Å². The standard InChI is InChI=1S/C8H15Br/c1-2-7-4-3-5-8(7)6-9/h7-8H,2-6H2,1H3. The summed E-state index contributed by atoms with van der Waals surface area (Å²) in [6.45, 7) is 2.31. The van der Waals surface area contributed by atoms with Gasteiger partial charge >= 0.3 is 0 Å². The molecular weight excluding hydrogens is 176 g/mol. The van der Waals surface area contributed by atoms with Crippen LogP contribution < -0.4 is 0 Å². The molecule has 9 heavy (non-hydrogen) atoms. The van der Waals surface area contributed by atoms with Crippen LogP contribution in [0.4, 0.5) is 0 Å². The summed E-state index contributed by atoms with van der Waals surface area (Å²) in [4.78, 5) is 0. The molecule has 0 aromatic heterocycles. The lowest BCUT2D eigenvalue weighted by Crippen LogP contribution is -2.07. The van der Waals surface area contributed by atoms with Crippen LogP contribution in [0.2, 0.25) is 0 Å². The second-order valence-electron chi connectivity index (χ2n) is 3.01. The van der Waals surface area contributed by atoms with Crippen LogP contribution in [0.3, 0.4) is 0 Å². The van der Waals surface area contributed by atoms with E-state index in [0.717, 1.165) is 11.8 Å². The van der Waals surface area contributed by atoms with Gasteiger partial charge in [-0.25, -0.2) is 0 Å². The van der Waals surface area contributed by atoms with E-state index in [9.17, 15) is 0 Å². The molecule has 1 fully saturated rings. The van der Waals surface area contributed by atoms with E-state index in [-0.39, 0.29) is 0 Å². The Kier molecular flexibility index (Phi) is 3.03. The third-order valence-electron chi connectivity index (χ3n) is 2.54. The summed E-state index contributed by atoms with van der Waals surface area (Å²) in [7, 11) is 0. The quantitative estimate of drug-likeness (QED) is 0.588. The number of alkyl halides is 1. The predicted molar refractivity (Wildman–Crippen MR) is 44.9 cm³/mol. The van der Waals surface area contributed by atoms with Gasteiger partial charge in [0, 0.05) is 5.33 Å². The van der Waals surface area contributed by atoms with Gasteiger partial charge in [-0.15, -0.1) is 0 Å². The van der Waals surface area contributed by atoms with Gasteiger partial charge in [0.25, 0.3) is 0 Å². The molecule has 1 saturated carbocycles. The molecule has 2 atom stereocenters. The summed E-state index contributed by atoms with van der Waals surface area (Å²) < 4.78 is 0. The number of rotatable bonds is 2. The van der Waals surface area contributed by atoms with Crippen LogP contribution in [-0.2, 0) is 0 Å². The third-order valence-corrected chi connectivity index (χ3v) is 3.37. The molecule has 1 heteroatoms. The van der Waals surface area contributed by atoms with E-state index in [1.165, 1.54) is 31.0 Å². The molecule has 0 bridgehead atoms. The van der Waals surface area contributed by atoms with E-state index < -0.39 is 0 Å². The third kappa shape index (κ3) is 1.70. The lowest BCUT2D eigenvalue weighted by molar-refractivity contribution is 0.415. The topological polar surface area (TPSA) is 0 Å². The molecule has 1 rings (SSSR count). The van der Waals surface area contributed by atoms with E-state index in [1.807, 2.05) is 0 Å². The van der Waals surface area contributed by atoms with Crippen molar-refractivity contribution in [2.24, 2.45) is 11.8 Å². The van der Waals surface area contributed by atoms with Gasteiger partial charge in [-0.2, -0.15) is 0 Å². The lowest BCUT2D eigenvalue weighted by atomic mass is 9.96. The molecule has 0 nitrogen and oxygen atoms in total. The summed E-state index contributed by atoms with van der Waals surface area (Å²) >= 11 is 3.56. The fraction of sp³-hybridized carbons (Fsp3) is 1.00. The van der Waals surface area contributed by atoms with Gasteiger partial charge in [-0.05, 0) is 18.3 Å². The average Bonchev–Trinajstić information content (AvgIpc) is 2.33. The molecule has 54 valence electrons. The van der Waals surface area contributed by atoms with Gasteiger partial charge in [0.1, 0.15) is 0 Å². The molecule has 1 aliphatic carbocycles. The number of hydrogen-bond donors (Lipinski definition) is 0. The Labute approximate surface area is 66.2 Å². The highest BCUT2D eigenvalue weighted by atomic mass is 79.9. The maximum absolute atomic E-state index is 3.56. The van der Waals surface area contributed by atoms with Crippen molar-refractivity contribution in [1.82, 2.24) is 0 Å². The minimum atomic E-state index is 0.995. The van der Waals surface area contributed by atoms with Gasteiger partial charge in [0.2, 0.25) is 0 Å². The summed E-state index contributed by atoms with van der Waals surface area (Å²) in [5.41, 5.74) is 0. The summed E-state index contributed by atoms with van der Waals surface area (Å²) in [6.07, 6.45) is 5.79. The fourth-order valence-corrected chi connectivity index (χ4v) is 2.71.